The van der Waals surface area contributed by atoms with Gasteiger partial charge in [-0.05, 0) is 51.5 Å². The molecule has 7 nitrogen and oxygen atoms in total. The number of hydrogen-bond acceptors (Lipinski definition) is 3. The van der Waals surface area contributed by atoms with E-state index in [1.807, 2.05) is 50.6 Å². The molecule has 2 N–H and O–H groups in total. The molecule has 1 aromatic carbocycles. The topological polar surface area (TPSA) is 78.8 Å². The number of rotatable bonds is 5. The van der Waals surface area contributed by atoms with Crippen molar-refractivity contribution >= 4 is 17.1 Å². The highest BCUT2D eigenvalue weighted by molar-refractivity contribution is 5.76. The molecule has 0 aliphatic heterocycles. The minimum absolute atomic E-state index is 0.0928. The van der Waals surface area contributed by atoms with Gasteiger partial charge in [-0.2, -0.15) is 5.10 Å². The molecule has 0 fully saturated rings. The fraction of sp³-hybridized carbons (Fsp3) is 0.421. The van der Waals surface area contributed by atoms with Gasteiger partial charge in [0.05, 0.1) is 29.3 Å². The predicted octanol–water partition coefficient (Wildman–Crippen LogP) is 3.09. The number of hydrogen-bond donors (Lipinski definition) is 2. The quantitative estimate of drug-likeness (QED) is 0.739. The maximum absolute atomic E-state index is 12.4. The molecule has 0 aliphatic carbocycles. The number of carbonyl (C=O) groups excluding carboxylic acids is 1. The number of carbonyl (C=O) groups is 1. The smallest absolute Gasteiger partial charge is 0.317 e. The molecule has 2 amide bonds. The first-order chi connectivity index (χ1) is 12.3. The van der Waals surface area contributed by atoms with Gasteiger partial charge in [0.15, 0.2) is 0 Å². The lowest BCUT2D eigenvalue weighted by Crippen LogP contribution is -2.39. The maximum atomic E-state index is 12.4. The largest absolute Gasteiger partial charge is 0.340 e. The number of amides is 2. The summed E-state index contributed by atoms with van der Waals surface area (Å²) in [5.41, 5.74) is 5.16. The molecule has 0 radical (unpaired) electrons. The molecule has 0 saturated carbocycles. The van der Waals surface area contributed by atoms with Crippen molar-refractivity contribution in [2.75, 3.05) is 13.6 Å². The minimum Gasteiger partial charge on any atom is -0.340 e. The van der Waals surface area contributed by atoms with Gasteiger partial charge >= 0.3 is 6.03 Å². The van der Waals surface area contributed by atoms with E-state index in [0.29, 0.717) is 13.1 Å². The standard InChI is InChI=1S/C19H26N6O/c1-12-6-7-16-17(8-12)22-18(21-16)11-24(5)19(26)20-10-15(4)25-14(3)9-13(2)23-25/h6-9,15H,10-11H2,1-5H3,(H,20,26)(H,21,22)/t15-/m0/s1. The van der Waals surface area contributed by atoms with E-state index in [1.54, 1.807) is 11.9 Å². The maximum Gasteiger partial charge on any atom is 0.317 e. The molecule has 0 bridgehead atoms. The summed E-state index contributed by atoms with van der Waals surface area (Å²) < 4.78 is 1.94. The van der Waals surface area contributed by atoms with Crippen LogP contribution in [0.3, 0.4) is 0 Å². The molecular formula is C19H26N6O. The number of urea groups is 1. The molecule has 0 aliphatic rings. The number of fused-ring (bicyclic) bond motifs is 1. The summed E-state index contributed by atoms with van der Waals surface area (Å²) in [6.07, 6.45) is 0. The van der Waals surface area contributed by atoms with E-state index in [0.717, 1.165) is 28.2 Å². The lowest BCUT2D eigenvalue weighted by molar-refractivity contribution is 0.204. The van der Waals surface area contributed by atoms with E-state index in [4.69, 9.17) is 0 Å². The number of H-pyrrole nitrogens is 1. The van der Waals surface area contributed by atoms with Gasteiger partial charge < -0.3 is 15.2 Å². The lowest BCUT2D eigenvalue weighted by Gasteiger charge is -2.20. The molecule has 26 heavy (non-hydrogen) atoms. The third-order valence-corrected chi connectivity index (χ3v) is 4.43. The number of aromatic nitrogens is 4. The fourth-order valence-electron chi connectivity index (χ4n) is 3.10. The number of benzene rings is 1. The van der Waals surface area contributed by atoms with Crippen molar-refractivity contribution in [3.05, 3.63) is 47.0 Å². The molecule has 2 heterocycles. The van der Waals surface area contributed by atoms with Crippen molar-refractivity contribution in [3.63, 3.8) is 0 Å². The minimum atomic E-state index is -0.130. The lowest BCUT2D eigenvalue weighted by atomic mass is 10.2. The summed E-state index contributed by atoms with van der Waals surface area (Å²) in [6, 6.07) is 8.07. The molecule has 2 aromatic heterocycles. The van der Waals surface area contributed by atoms with Crippen molar-refractivity contribution in [1.29, 1.82) is 0 Å². The first-order valence-corrected chi connectivity index (χ1v) is 8.80. The van der Waals surface area contributed by atoms with E-state index in [2.05, 4.69) is 26.4 Å². The monoisotopic (exact) mass is 354 g/mol. The van der Waals surface area contributed by atoms with Gasteiger partial charge in [0.1, 0.15) is 5.82 Å². The van der Waals surface area contributed by atoms with Gasteiger partial charge in [-0.1, -0.05) is 6.07 Å². The van der Waals surface area contributed by atoms with Crippen LogP contribution >= 0.6 is 0 Å². The number of nitrogens with zero attached hydrogens (tertiary/aromatic N) is 4. The van der Waals surface area contributed by atoms with Gasteiger partial charge in [0, 0.05) is 19.3 Å². The Morgan fingerprint density at radius 1 is 1.31 bits per heavy atom. The second-order valence-electron chi connectivity index (χ2n) is 6.97. The van der Waals surface area contributed by atoms with Crippen molar-refractivity contribution in [1.82, 2.24) is 30.0 Å². The second-order valence-corrected chi connectivity index (χ2v) is 6.97. The van der Waals surface area contributed by atoms with Crippen molar-refractivity contribution in [2.45, 2.75) is 40.3 Å². The van der Waals surface area contributed by atoms with Crippen LogP contribution in [0.25, 0.3) is 11.0 Å². The average Bonchev–Trinajstić information content (AvgIpc) is 3.13. The molecular weight excluding hydrogens is 328 g/mol. The zero-order chi connectivity index (χ0) is 18.8. The number of aromatic amines is 1. The summed E-state index contributed by atoms with van der Waals surface area (Å²) in [7, 11) is 1.77. The third-order valence-electron chi connectivity index (χ3n) is 4.43. The van der Waals surface area contributed by atoms with Crippen LogP contribution in [-0.2, 0) is 6.54 Å². The summed E-state index contributed by atoms with van der Waals surface area (Å²) in [4.78, 5) is 21.8. The van der Waals surface area contributed by atoms with Gasteiger partial charge in [-0.3, -0.25) is 4.68 Å². The number of aryl methyl sites for hydroxylation is 3. The van der Waals surface area contributed by atoms with Crippen LogP contribution in [0.4, 0.5) is 4.79 Å². The molecule has 3 rings (SSSR count). The fourth-order valence-corrected chi connectivity index (χ4v) is 3.10. The van der Waals surface area contributed by atoms with Gasteiger partial charge in [-0.25, -0.2) is 9.78 Å². The summed E-state index contributed by atoms with van der Waals surface area (Å²) in [5.74, 6) is 0.773. The SMILES string of the molecule is Cc1ccc2nc(CN(C)C(=O)NC[C@H](C)n3nc(C)cc3C)[nH]c2c1. The molecule has 0 unspecified atom stereocenters. The normalized spacial score (nSPS) is 12.3. The van der Waals surface area contributed by atoms with Crippen LogP contribution in [0.2, 0.25) is 0 Å². The second kappa shape index (κ2) is 7.19. The molecule has 1 atom stereocenters. The Bertz CT molecular complexity index is 925. The van der Waals surface area contributed by atoms with Crippen molar-refractivity contribution < 1.29 is 4.79 Å². The summed E-state index contributed by atoms with van der Waals surface area (Å²) in [6.45, 7) is 9.02. The van der Waals surface area contributed by atoms with E-state index in [9.17, 15) is 4.79 Å². The van der Waals surface area contributed by atoms with Crippen LogP contribution in [0.15, 0.2) is 24.3 Å². The average molecular weight is 354 g/mol. The Kier molecular flexibility index (Phi) is 4.97. The zero-order valence-electron chi connectivity index (χ0n) is 16.0. The van der Waals surface area contributed by atoms with Gasteiger partial charge in [-0.15, -0.1) is 0 Å². The Hall–Kier alpha value is -2.83. The van der Waals surface area contributed by atoms with Crippen LogP contribution in [0, 0.1) is 20.8 Å². The highest BCUT2D eigenvalue weighted by Gasteiger charge is 2.15. The Morgan fingerprint density at radius 3 is 2.77 bits per heavy atom. The number of imidazole rings is 1. The molecule has 7 heteroatoms. The molecule has 0 saturated heterocycles. The Labute approximate surface area is 153 Å². The first kappa shape index (κ1) is 18.0. The Morgan fingerprint density at radius 2 is 2.08 bits per heavy atom. The zero-order valence-corrected chi connectivity index (χ0v) is 16.0. The first-order valence-electron chi connectivity index (χ1n) is 8.80. The predicted molar refractivity (Wildman–Crippen MR) is 102 cm³/mol. The molecule has 3 aromatic rings. The van der Waals surface area contributed by atoms with Crippen LogP contribution in [0.1, 0.15) is 35.7 Å². The van der Waals surface area contributed by atoms with E-state index < -0.39 is 0 Å². The number of nitrogens with one attached hydrogen (secondary N) is 2. The van der Waals surface area contributed by atoms with Gasteiger partial charge in [0.2, 0.25) is 0 Å². The van der Waals surface area contributed by atoms with Crippen molar-refractivity contribution in [2.24, 2.45) is 0 Å². The van der Waals surface area contributed by atoms with E-state index >= 15 is 0 Å². The highest BCUT2D eigenvalue weighted by Crippen LogP contribution is 2.14. The third kappa shape index (κ3) is 3.87. The van der Waals surface area contributed by atoms with Crippen LogP contribution in [0.5, 0.6) is 0 Å². The molecule has 0 spiro atoms. The highest BCUT2D eigenvalue weighted by atomic mass is 16.2. The van der Waals surface area contributed by atoms with Crippen LogP contribution in [-0.4, -0.2) is 44.3 Å². The summed E-state index contributed by atoms with van der Waals surface area (Å²) in [5, 5.41) is 7.43. The van der Waals surface area contributed by atoms with Crippen LogP contribution < -0.4 is 5.32 Å². The van der Waals surface area contributed by atoms with E-state index in [-0.39, 0.29) is 12.1 Å². The van der Waals surface area contributed by atoms with Crippen molar-refractivity contribution in [3.8, 4) is 0 Å². The Balaban J connectivity index is 1.57. The molecule has 138 valence electrons. The van der Waals surface area contributed by atoms with Gasteiger partial charge in [0.25, 0.3) is 0 Å². The van der Waals surface area contributed by atoms with E-state index in [1.165, 1.54) is 5.56 Å². The summed E-state index contributed by atoms with van der Waals surface area (Å²) >= 11 is 0.